The minimum absolute atomic E-state index is 0.0731. The predicted octanol–water partition coefficient (Wildman–Crippen LogP) is 1.59. The number of non-ortho nitro benzene ring substituents is 1. The van der Waals surface area contributed by atoms with E-state index < -0.39 is 4.92 Å². The number of hydrogen-bond donors (Lipinski definition) is 2. The van der Waals surface area contributed by atoms with E-state index in [-0.39, 0.29) is 11.7 Å². The summed E-state index contributed by atoms with van der Waals surface area (Å²) in [5, 5.41) is 16.4. The van der Waals surface area contributed by atoms with E-state index >= 15 is 0 Å². The summed E-state index contributed by atoms with van der Waals surface area (Å²) >= 11 is 0. The number of rotatable bonds is 5. The maximum Gasteiger partial charge on any atom is 0.316 e. The van der Waals surface area contributed by atoms with Crippen molar-refractivity contribution in [3.8, 4) is 0 Å². The van der Waals surface area contributed by atoms with Crippen LogP contribution < -0.4 is 10.6 Å². The zero-order valence-corrected chi connectivity index (χ0v) is 11.3. The summed E-state index contributed by atoms with van der Waals surface area (Å²) in [7, 11) is 3.34. The van der Waals surface area contributed by atoms with Gasteiger partial charge in [0.1, 0.15) is 0 Å². The molecule has 0 aliphatic carbocycles. The van der Waals surface area contributed by atoms with Gasteiger partial charge < -0.3 is 15.5 Å². The Morgan fingerprint density at radius 2 is 2.05 bits per heavy atom. The summed E-state index contributed by atoms with van der Waals surface area (Å²) in [5.74, 6) is 0. The van der Waals surface area contributed by atoms with Gasteiger partial charge in [-0.05, 0) is 18.6 Å². The summed E-state index contributed by atoms with van der Waals surface area (Å²) in [6.45, 7) is 2.83. The topological polar surface area (TPSA) is 87.5 Å². The van der Waals surface area contributed by atoms with Crippen molar-refractivity contribution in [3.63, 3.8) is 0 Å². The van der Waals surface area contributed by atoms with Crippen LogP contribution in [0.2, 0.25) is 0 Å². The number of carbonyl (C=O) groups excluding carboxylic acids is 1. The molecule has 0 unspecified atom stereocenters. The number of nitro benzene ring substituents is 1. The van der Waals surface area contributed by atoms with Gasteiger partial charge in [-0.2, -0.15) is 0 Å². The summed E-state index contributed by atoms with van der Waals surface area (Å²) < 4.78 is 0. The largest absolute Gasteiger partial charge is 0.383 e. The molecule has 2 N–H and O–H groups in total. The highest BCUT2D eigenvalue weighted by Gasteiger charge is 2.07. The molecule has 0 saturated carbocycles. The van der Waals surface area contributed by atoms with E-state index in [9.17, 15) is 14.9 Å². The molecular formula is C12H18N4O3. The Hall–Kier alpha value is -2.31. The van der Waals surface area contributed by atoms with Crippen LogP contribution in [0.15, 0.2) is 18.2 Å². The number of carbonyl (C=O) groups is 1. The Morgan fingerprint density at radius 1 is 1.37 bits per heavy atom. The summed E-state index contributed by atoms with van der Waals surface area (Å²) in [6.07, 6.45) is 0. The second-order valence-corrected chi connectivity index (χ2v) is 4.31. The molecule has 0 saturated heterocycles. The number of nitrogens with zero attached hydrogens (tertiary/aromatic N) is 2. The number of anilines is 1. The van der Waals surface area contributed by atoms with Crippen LogP contribution in [-0.4, -0.2) is 43.0 Å². The maximum atomic E-state index is 11.3. The van der Waals surface area contributed by atoms with Gasteiger partial charge in [-0.1, -0.05) is 0 Å². The molecule has 0 fully saturated rings. The highest BCUT2D eigenvalue weighted by Crippen LogP contribution is 2.20. The summed E-state index contributed by atoms with van der Waals surface area (Å²) in [6, 6.07) is 4.48. The van der Waals surface area contributed by atoms with Crippen LogP contribution in [-0.2, 0) is 0 Å². The minimum Gasteiger partial charge on any atom is -0.383 e. The quantitative estimate of drug-likeness (QED) is 0.481. The first-order valence-electron chi connectivity index (χ1n) is 5.86. The third kappa shape index (κ3) is 4.46. The molecule has 0 aromatic heterocycles. The highest BCUT2D eigenvalue weighted by atomic mass is 16.6. The van der Waals surface area contributed by atoms with Crippen LogP contribution in [0.1, 0.15) is 5.56 Å². The monoisotopic (exact) mass is 266 g/mol. The van der Waals surface area contributed by atoms with Crippen molar-refractivity contribution < 1.29 is 9.72 Å². The number of nitro groups is 1. The molecule has 2 amide bonds. The maximum absolute atomic E-state index is 11.3. The van der Waals surface area contributed by atoms with Crippen molar-refractivity contribution in [1.82, 2.24) is 10.2 Å². The van der Waals surface area contributed by atoms with E-state index in [1.807, 2.05) is 0 Å². The fraction of sp³-hybridized carbons (Fsp3) is 0.417. The molecule has 0 radical (unpaired) electrons. The summed E-state index contributed by atoms with van der Waals surface area (Å²) in [5.41, 5.74) is 1.70. The standard InChI is InChI=1S/C12H18N4O3/c1-9-8-10(16(18)19)4-5-11(9)13-6-7-14-12(17)15(2)3/h4-5,8,13H,6-7H2,1-3H3,(H,14,17). The van der Waals surface area contributed by atoms with Crippen molar-refractivity contribution in [1.29, 1.82) is 0 Å². The number of nitrogens with one attached hydrogen (secondary N) is 2. The average molecular weight is 266 g/mol. The Labute approximate surface area is 111 Å². The Balaban J connectivity index is 2.46. The first-order valence-corrected chi connectivity index (χ1v) is 5.86. The molecule has 0 aliphatic heterocycles. The second-order valence-electron chi connectivity index (χ2n) is 4.31. The molecule has 0 atom stereocenters. The van der Waals surface area contributed by atoms with Gasteiger partial charge >= 0.3 is 6.03 Å². The van der Waals surface area contributed by atoms with Gasteiger partial charge in [-0.3, -0.25) is 10.1 Å². The SMILES string of the molecule is Cc1cc([N+](=O)[O-])ccc1NCCNC(=O)N(C)C. The smallest absolute Gasteiger partial charge is 0.316 e. The molecule has 7 nitrogen and oxygen atoms in total. The molecule has 0 aliphatic rings. The van der Waals surface area contributed by atoms with Crippen molar-refractivity contribution in [2.75, 3.05) is 32.5 Å². The fourth-order valence-corrected chi connectivity index (χ4v) is 1.48. The van der Waals surface area contributed by atoms with Gasteiger partial charge in [-0.15, -0.1) is 0 Å². The van der Waals surface area contributed by atoms with Crippen LogP contribution in [0, 0.1) is 17.0 Å². The van der Waals surface area contributed by atoms with E-state index in [0.29, 0.717) is 13.1 Å². The van der Waals surface area contributed by atoms with Crippen LogP contribution in [0.5, 0.6) is 0 Å². The Kier molecular flexibility index (Phi) is 5.11. The average Bonchev–Trinajstić information content (AvgIpc) is 2.35. The summed E-state index contributed by atoms with van der Waals surface area (Å²) in [4.78, 5) is 22.9. The van der Waals surface area contributed by atoms with Gasteiger partial charge in [0.2, 0.25) is 0 Å². The fourth-order valence-electron chi connectivity index (χ4n) is 1.48. The van der Waals surface area contributed by atoms with Crippen LogP contribution in [0.3, 0.4) is 0 Å². The minimum atomic E-state index is -0.423. The molecule has 1 aromatic rings. The lowest BCUT2D eigenvalue weighted by atomic mass is 10.2. The second kappa shape index (κ2) is 6.58. The number of urea groups is 1. The molecule has 19 heavy (non-hydrogen) atoms. The zero-order valence-electron chi connectivity index (χ0n) is 11.3. The van der Waals surface area contributed by atoms with Crippen LogP contribution in [0.25, 0.3) is 0 Å². The Morgan fingerprint density at radius 3 is 2.58 bits per heavy atom. The van der Waals surface area contributed by atoms with Gasteiger partial charge in [0, 0.05) is 45.0 Å². The van der Waals surface area contributed by atoms with E-state index in [1.165, 1.54) is 17.0 Å². The molecule has 1 aromatic carbocycles. The molecular weight excluding hydrogens is 248 g/mol. The molecule has 0 spiro atoms. The van der Waals surface area contributed by atoms with Crippen molar-refractivity contribution in [3.05, 3.63) is 33.9 Å². The third-order valence-electron chi connectivity index (χ3n) is 2.54. The van der Waals surface area contributed by atoms with E-state index in [4.69, 9.17) is 0 Å². The molecule has 0 heterocycles. The predicted molar refractivity (Wildman–Crippen MR) is 73.4 cm³/mol. The number of benzene rings is 1. The Bertz CT molecular complexity index is 474. The molecule has 1 rings (SSSR count). The van der Waals surface area contributed by atoms with Gasteiger partial charge in [0.15, 0.2) is 0 Å². The lowest BCUT2D eigenvalue weighted by molar-refractivity contribution is -0.384. The van der Waals surface area contributed by atoms with Gasteiger partial charge in [0.25, 0.3) is 5.69 Å². The number of hydrogen-bond acceptors (Lipinski definition) is 4. The molecule has 104 valence electrons. The molecule has 7 heteroatoms. The van der Waals surface area contributed by atoms with Gasteiger partial charge in [-0.25, -0.2) is 4.79 Å². The van der Waals surface area contributed by atoms with E-state index in [1.54, 1.807) is 27.1 Å². The molecule has 0 bridgehead atoms. The highest BCUT2D eigenvalue weighted by molar-refractivity contribution is 5.73. The number of amides is 2. The van der Waals surface area contributed by atoms with E-state index in [0.717, 1.165) is 11.3 Å². The normalized spacial score (nSPS) is 9.84. The number of aryl methyl sites for hydroxylation is 1. The third-order valence-corrected chi connectivity index (χ3v) is 2.54. The zero-order chi connectivity index (χ0) is 14.4. The first-order chi connectivity index (χ1) is 8.91. The first kappa shape index (κ1) is 14.7. The van der Waals surface area contributed by atoms with Gasteiger partial charge in [0.05, 0.1) is 4.92 Å². The van der Waals surface area contributed by atoms with Crippen molar-refractivity contribution in [2.45, 2.75) is 6.92 Å². The lowest BCUT2D eigenvalue weighted by Gasteiger charge is -2.13. The van der Waals surface area contributed by atoms with Crippen molar-refractivity contribution >= 4 is 17.4 Å². The van der Waals surface area contributed by atoms with Crippen molar-refractivity contribution in [2.24, 2.45) is 0 Å². The van der Waals surface area contributed by atoms with Crippen LogP contribution in [0.4, 0.5) is 16.2 Å². The van der Waals surface area contributed by atoms with E-state index in [2.05, 4.69) is 10.6 Å². The lowest BCUT2D eigenvalue weighted by Crippen LogP contribution is -2.37. The van der Waals surface area contributed by atoms with Crippen LogP contribution >= 0.6 is 0 Å².